The number of ether oxygens (including phenoxy) is 2. The molecule has 31 heavy (non-hydrogen) atoms. The number of alkyl halides is 3. The maximum atomic E-state index is 12.7. The molecule has 2 amide bonds. The van der Waals surface area contributed by atoms with E-state index in [1.54, 1.807) is 45.0 Å². The number of carbonyl (C=O) groups excluding carboxylic acids is 2. The molecule has 2 aromatic carbocycles. The Kier molecular flexibility index (Phi) is 8.30. The highest BCUT2D eigenvalue weighted by Gasteiger charge is 2.32. The minimum atomic E-state index is -4.84. The summed E-state index contributed by atoms with van der Waals surface area (Å²) >= 11 is 0. The Labute approximate surface area is 178 Å². The third-order valence-corrected chi connectivity index (χ3v) is 4.32. The minimum absolute atomic E-state index is 0.156. The van der Waals surface area contributed by atoms with Crippen molar-refractivity contribution in [3.05, 3.63) is 59.7 Å². The second-order valence-electron chi connectivity index (χ2n) is 7.00. The molecule has 0 fully saturated rings. The topological polar surface area (TPSA) is 76.7 Å². The summed E-state index contributed by atoms with van der Waals surface area (Å²) in [4.78, 5) is 25.4. The lowest BCUT2D eigenvalue weighted by Crippen LogP contribution is -2.49. The van der Waals surface area contributed by atoms with Crippen molar-refractivity contribution in [3.8, 4) is 11.5 Å². The first kappa shape index (κ1) is 24.0. The smallest absolute Gasteiger partial charge is 0.493 e. The van der Waals surface area contributed by atoms with Crippen molar-refractivity contribution >= 4 is 11.8 Å². The molecule has 0 aliphatic carbocycles. The summed E-state index contributed by atoms with van der Waals surface area (Å²) in [5.41, 5.74) is 0.440. The molecule has 0 aliphatic rings. The van der Waals surface area contributed by atoms with Gasteiger partial charge in [-0.1, -0.05) is 44.2 Å². The van der Waals surface area contributed by atoms with Gasteiger partial charge in [0.05, 0.1) is 12.2 Å². The average molecular weight is 438 g/mol. The highest BCUT2D eigenvalue weighted by Crippen LogP contribution is 2.26. The Balaban J connectivity index is 2.10. The molecule has 0 radical (unpaired) electrons. The van der Waals surface area contributed by atoms with Crippen LogP contribution in [0.3, 0.4) is 0 Å². The summed E-state index contributed by atoms with van der Waals surface area (Å²) < 4.78 is 47.2. The lowest BCUT2D eigenvalue weighted by atomic mass is 10.0. The zero-order valence-corrected chi connectivity index (χ0v) is 17.5. The molecule has 2 rings (SSSR count). The number of amides is 2. The van der Waals surface area contributed by atoms with Crippen molar-refractivity contribution in [3.63, 3.8) is 0 Å². The van der Waals surface area contributed by atoms with Crippen molar-refractivity contribution in [2.75, 3.05) is 6.61 Å². The van der Waals surface area contributed by atoms with Crippen molar-refractivity contribution in [1.82, 2.24) is 10.6 Å². The van der Waals surface area contributed by atoms with Crippen molar-refractivity contribution < 1.29 is 32.2 Å². The van der Waals surface area contributed by atoms with E-state index in [2.05, 4.69) is 15.4 Å². The largest absolute Gasteiger partial charge is 0.573 e. The summed E-state index contributed by atoms with van der Waals surface area (Å²) in [5, 5.41) is 5.25. The first-order valence-corrected chi connectivity index (χ1v) is 9.76. The standard InChI is InChI=1S/C22H25F3N2O4/c1-4-30-18-12-8-6-10-16(18)20(28)27-19(14(2)3)21(29)26-13-15-9-5-7-11-17(15)31-22(23,24)25/h5-12,14,19H,4,13H2,1-3H3,(H,26,29)(H,27,28). The van der Waals surface area contributed by atoms with Gasteiger partial charge in [-0.3, -0.25) is 9.59 Å². The summed E-state index contributed by atoms with van der Waals surface area (Å²) in [6.45, 7) is 5.47. The van der Waals surface area contributed by atoms with E-state index in [0.717, 1.165) is 0 Å². The molecule has 0 aromatic heterocycles. The molecule has 2 aromatic rings. The van der Waals surface area contributed by atoms with Crippen LogP contribution in [0.5, 0.6) is 11.5 Å². The summed E-state index contributed by atoms with van der Waals surface area (Å²) in [5.74, 6) is -1.29. The number of para-hydroxylation sites is 2. The van der Waals surface area contributed by atoms with Crippen molar-refractivity contribution in [2.45, 2.75) is 39.7 Å². The molecule has 1 atom stereocenters. The fourth-order valence-corrected chi connectivity index (χ4v) is 2.86. The first-order chi connectivity index (χ1) is 14.6. The Morgan fingerprint density at radius 2 is 1.61 bits per heavy atom. The zero-order valence-electron chi connectivity index (χ0n) is 17.5. The average Bonchev–Trinajstić information content (AvgIpc) is 2.70. The number of benzene rings is 2. The van der Waals surface area contributed by atoms with Gasteiger partial charge in [-0.05, 0) is 31.0 Å². The fraction of sp³-hybridized carbons (Fsp3) is 0.364. The Hall–Kier alpha value is -3.23. The Morgan fingerprint density at radius 3 is 2.23 bits per heavy atom. The number of carbonyl (C=O) groups is 2. The summed E-state index contributed by atoms with van der Waals surface area (Å²) in [6, 6.07) is 11.3. The van der Waals surface area contributed by atoms with Gasteiger partial charge in [-0.2, -0.15) is 0 Å². The normalized spacial score (nSPS) is 12.2. The van der Waals surface area contributed by atoms with Crippen LogP contribution in [0.4, 0.5) is 13.2 Å². The van der Waals surface area contributed by atoms with Crippen LogP contribution < -0.4 is 20.1 Å². The van der Waals surface area contributed by atoms with Gasteiger partial charge in [0.1, 0.15) is 17.5 Å². The maximum Gasteiger partial charge on any atom is 0.573 e. The molecule has 0 spiro atoms. The monoisotopic (exact) mass is 438 g/mol. The molecule has 0 heterocycles. The van der Waals surface area contributed by atoms with Crippen molar-refractivity contribution in [2.24, 2.45) is 5.92 Å². The number of hydrogen-bond acceptors (Lipinski definition) is 4. The zero-order chi connectivity index (χ0) is 23.0. The van der Waals surface area contributed by atoms with E-state index in [4.69, 9.17) is 4.74 Å². The van der Waals surface area contributed by atoms with E-state index < -0.39 is 30.0 Å². The quantitative estimate of drug-likeness (QED) is 0.619. The predicted molar refractivity (Wildman–Crippen MR) is 109 cm³/mol. The van der Waals surface area contributed by atoms with Gasteiger partial charge in [0, 0.05) is 12.1 Å². The molecule has 168 valence electrons. The van der Waals surface area contributed by atoms with Crippen LogP contribution in [-0.4, -0.2) is 30.8 Å². The molecule has 0 saturated heterocycles. The summed E-state index contributed by atoms with van der Waals surface area (Å²) in [6.07, 6.45) is -4.84. The first-order valence-electron chi connectivity index (χ1n) is 9.76. The van der Waals surface area contributed by atoms with E-state index in [-0.39, 0.29) is 23.6 Å². The van der Waals surface area contributed by atoms with Gasteiger partial charge in [-0.15, -0.1) is 13.2 Å². The second-order valence-corrected chi connectivity index (χ2v) is 7.00. The Morgan fingerprint density at radius 1 is 1.00 bits per heavy atom. The van der Waals surface area contributed by atoms with Crippen molar-refractivity contribution in [1.29, 1.82) is 0 Å². The predicted octanol–water partition coefficient (Wildman–Crippen LogP) is 4.05. The molecule has 1 unspecified atom stereocenters. The highest BCUT2D eigenvalue weighted by molar-refractivity contribution is 5.99. The van der Waals surface area contributed by atoms with E-state index in [9.17, 15) is 22.8 Å². The molecular formula is C22H25F3N2O4. The minimum Gasteiger partial charge on any atom is -0.493 e. The SMILES string of the molecule is CCOc1ccccc1C(=O)NC(C(=O)NCc1ccccc1OC(F)(F)F)C(C)C. The third kappa shape index (κ3) is 7.20. The van der Waals surface area contributed by atoms with Crippen LogP contribution in [0.1, 0.15) is 36.7 Å². The molecule has 2 N–H and O–H groups in total. The lowest BCUT2D eigenvalue weighted by Gasteiger charge is -2.23. The van der Waals surface area contributed by atoms with E-state index in [1.165, 1.54) is 24.3 Å². The molecule has 9 heteroatoms. The molecule has 0 saturated carbocycles. The van der Waals surface area contributed by atoms with Crippen LogP contribution in [0.15, 0.2) is 48.5 Å². The van der Waals surface area contributed by atoms with Crippen LogP contribution in [0.25, 0.3) is 0 Å². The van der Waals surface area contributed by atoms with E-state index in [0.29, 0.717) is 12.4 Å². The van der Waals surface area contributed by atoms with Gasteiger partial charge < -0.3 is 20.1 Å². The number of hydrogen-bond donors (Lipinski definition) is 2. The Bertz CT molecular complexity index is 900. The van der Waals surface area contributed by atoms with Gasteiger partial charge in [0.15, 0.2) is 0 Å². The highest BCUT2D eigenvalue weighted by atomic mass is 19.4. The summed E-state index contributed by atoms with van der Waals surface area (Å²) in [7, 11) is 0. The van der Waals surface area contributed by atoms with Gasteiger partial charge in [-0.25, -0.2) is 0 Å². The molecular weight excluding hydrogens is 413 g/mol. The number of rotatable bonds is 9. The van der Waals surface area contributed by atoms with E-state index in [1.807, 2.05) is 0 Å². The maximum absolute atomic E-state index is 12.7. The number of halogens is 3. The molecule has 0 bridgehead atoms. The molecule has 6 nitrogen and oxygen atoms in total. The van der Waals surface area contributed by atoms with E-state index >= 15 is 0 Å². The van der Waals surface area contributed by atoms with Gasteiger partial charge in [0.25, 0.3) is 5.91 Å². The third-order valence-electron chi connectivity index (χ3n) is 4.32. The molecule has 0 aliphatic heterocycles. The van der Waals surface area contributed by atoms with Crippen LogP contribution in [0.2, 0.25) is 0 Å². The fourth-order valence-electron chi connectivity index (χ4n) is 2.86. The lowest BCUT2D eigenvalue weighted by molar-refractivity contribution is -0.274. The van der Waals surface area contributed by atoms with Crippen LogP contribution >= 0.6 is 0 Å². The van der Waals surface area contributed by atoms with Crippen LogP contribution in [0, 0.1) is 5.92 Å². The number of nitrogens with one attached hydrogen (secondary N) is 2. The van der Waals surface area contributed by atoms with Gasteiger partial charge in [0.2, 0.25) is 5.91 Å². The van der Waals surface area contributed by atoms with Crippen LogP contribution in [-0.2, 0) is 11.3 Å². The second kappa shape index (κ2) is 10.7. The van der Waals surface area contributed by atoms with Gasteiger partial charge >= 0.3 is 6.36 Å².